The first kappa shape index (κ1) is 16.2. The van der Waals surface area contributed by atoms with E-state index >= 15 is 0 Å². The van der Waals surface area contributed by atoms with E-state index in [-0.39, 0.29) is 11.4 Å². The zero-order valence-corrected chi connectivity index (χ0v) is 14.0. The Bertz CT molecular complexity index is 704. The van der Waals surface area contributed by atoms with Gasteiger partial charge in [0, 0.05) is 36.6 Å². The lowest BCUT2D eigenvalue weighted by Crippen LogP contribution is -2.22. The molecule has 0 spiro atoms. The van der Waals surface area contributed by atoms with E-state index in [0.29, 0.717) is 6.54 Å². The normalized spacial score (nSPS) is 12.0. The van der Waals surface area contributed by atoms with Gasteiger partial charge in [-0.25, -0.2) is 18.1 Å². The van der Waals surface area contributed by atoms with Crippen LogP contribution >= 0.6 is 11.3 Å². The Labute approximate surface area is 129 Å². The number of hydrogen-bond donors (Lipinski definition) is 2. The molecule has 0 bridgehead atoms. The van der Waals surface area contributed by atoms with Crippen molar-refractivity contribution in [2.75, 3.05) is 6.54 Å². The van der Waals surface area contributed by atoms with Gasteiger partial charge in [0.15, 0.2) is 0 Å². The van der Waals surface area contributed by atoms with Gasteiger partial charge < -0.3 is 9.88 Å². The fourth-order valence-corrected chi connectivity index (χ4v) is 3.76. The molecular weight excluding hydrogens is 308 g/mol. The molecule has 0 amide bonds. The van der Waals surface area contributed by atoms with Crippen LogP contribution in [-0.2, 0) is 30.2 Å². The maximum Gasteiger partial charge on any atom is 0.242 e. The predicted molar refractivity (Wildman–Crippen MR) is 83.7 cm³/mol. The molecule has 2 aromatic heterocycles. The van der Waals surface area contributed by atoms with Gasteiger partial charge in [-0.15, -0.1) is 11.3 Å². The molecule has 0 unspecified atom stereocenters. The summed E-state index contributed by atoms with van der Waals surface area (Å²) in [6.07, 6.45) is 1.63. The maximum atomic E-state index is 12.3. The topological polar surface area (TPSA) is 76.0 Å². The lowest BCUT2D eigenvalue weighted by atomic mass is 10.4. The van der Waals surface area contributed by atoms with Gasteiger partial charge in [-0.1, -0.05) is 6.92 Å². The molecule has 0 aliphatic rings. The minimum Gasteiger partial charge on any atom is -0.352 e. The second kappa shape index (κ2) is 6.69. The second-order valence-corrected chi connectivity index (χ2v) is 7.48. The fourth-order valence-electron chi connectivity index (χ4n) is 1.88. The Kier molecular flexibility index (Phi) is 5.15. The van der Waals surface area contributed by atoms with Crippen LogP contribution in [0.4, 0.5) is 0 Å². The minimum absolute atomic E-state index is 0.221. The Morgan fingerprint density at radius 2 is 2.14 bits per heavy atom. The lowest BCUT2D eigenvalue weighted by molar-refractivity contribution is 0.581. The Morgan fingerprint density at radius 3 is 2.76 bits per heavy atom. The highest BCUT2D eigenvalue weighted by Gasteiger charge is 2.17. The van der Waals surface area contributed by atoms with Gasteiger partial charge in [-0.05, 0) is 19.5 Å². The Morgan fingerprint density at radius 1 is 1.38 bits per heavy atom. The quantitative estimate of drug-likeness (QED) is 0.805. The van der Waals surface area contributed by atoms with Crippen LogP contribution in [0, 0.1) is 6.92 Å². The van der Waals surface area contributed by atoms with Crippen molar-refractivity contribution in [2.45, 2.75) is 31.8 Å². The number of aromatic nitrogens is 2. The van der Waals surface area contributed by atoms with Crippen molar-refractivity contribution in [1.29, 1.82) is 0 Å². The van der Waals surface area contributed by atoms with Crippen LogP contribution in [0.2, 0.25) is 0 Å². The smallest absolute Gasteiger partial charge is 0.242 e. The van der Waals surface area contributed by atoms with E-state index in [0.717, 1.165) is 22.9 Å². The van der Waals surface area contributed by atoms with Crippen molar-refractivity contribution in [3.8, 4) is 0 Å². The van der Waals surface area contributed by atoms with Crippen LogP contribution in [0.1, 0.15) is 23.3 Å². The van der Waals surface area contributed by atoms with Crippen LogP contribution < -0.4 is 10.0 Å². The molecule has 0 aliphatic heterocycles. The standard InChI is InChI=1S/C13H20N4O2S2/c1-4-14-6-11-5-12(8-17(11)3)21(18,19)15-7-13-16-10(2)9-20-13/h5,8-9,14-15H,4,6-7H2,1-3H3. The summed E-state index contributed by atoms with van der Waals surface area (Å²) in [5.74, 6) is 0. The van der Waals surface area contributed by atoms with Crippen LogP contribution in [0.5, 0.6) is 0 Å². The monoisotopic (exact) mass is 328 g/mol. The molecule has 6 nitrogen and oxygen atoms in total. The molecule has 8 heteroatoms. The van der Waals surface area contributed by atoms with Gasteiger partial charge in [0.25, 0.3) is 0 Å². The number of rotatable bonds is 7. The third kappa shape index (κ3) is 4.13. The average molecular weight is 328 g/mol. The number of nitrogens with one attached hydrogen (secondary N) is 2. The van der Waals surface area contributed by atoms with Gasteiger partial charge in [-0.2, -0.15) is 0 Å². The summed E-state index contributed by atoms with van der Waals surface area (Å²) in [7, 11) is -1.66. The van der Waals surface area contributed by atoms with E-state index in [4.69, 9.17) is 0 Å². The van der Waals surface area contributed by atoms with Crippen molar-refractivity contribution >= 4 is 21.4 Å². The third-order valence-electron chi connectivity index (χ3n) is 3.03. The first-order valence-electron chi connectivity index (χ1n) is 6.69. The summed E-state index contributed by atoms with van der Waals surface area (Å²) < 4.78 is 29.0. The summed E-state index contributed by atoms with van der Waals surface area (Å²) >= 11 is 1.45. The van der Waals surface area contributed by atoms with Crippen LogP contribution in [0.25, 0.3) is 0 Å². The second-order valence-electron chi connectivity index (χ2n) is 4.77. The highest BCUT2D eigenvalue weighted by atomic mass is 32.2. The van der Waals surface area contributed by atoms with E-state index in [1.807, 2.05) is 30.8 Å². The van der Waals surface area contributed by atoms with Crippen molar-refractivity contribution in [1.82, 2.24) is 19.6 Å². The van der Waals surface area contributed by atoms with E-state index in [1.165, 1.54) is 11.3 Å². The SMILES string of the molecule is CCNCc1cc(S(=O)(=O)NCc2nc(C)cs2)cn1C. The number of aryl methyl sites for hydroxylation is 2. The van der Waals surface area contributed by atoms with Crippen molar-refractivity contribution in [3.05, 3.63) is 34.0 Å². The number of thiazole rings is 1. The molecule has 2 N–H and O–H groups in total. The summed E-state index contributed by atoms with van der Waals surface area (Å²) in [5, 5.41) is 5.85. The summed E-state index contributed by atoms with van der Waals surface area (Å²) in [5.41, 5.74) is 1.84. The maximum absolute atomic E-state index is 12.3. The number of nitrogens with zero attached hydrogens (tertiary/aromatic N) is 2. The Hall–Kier alpha value is -1.22. The highest BCUT2D eigenvalue weighted by molar-refractivity contribution is 7.89. The molecule has 116 valence electrons. The number of hydrogen-bond acceptors (Lipinski definition) is 5. The fraction of sp³-hybridized carbons (Fsp3) is 0.462. The van der Waals surface area contributed by atoms with Crippen LogP contribution in [-0.4, -0.2) is 24.5 Å². The Balaban J connectivity index is 2.08. The first-order valence-corrected chi connectivity index (χ1v) is 9.05. The zero-order valence-electron chi connectivity index (χ0n) is 12.4. The highest BCUT2D eigenvalue weighted by Crippen LogP contribution is 2.15. The molecule has 0 fully saturated rings. The van der Waals surface area contributed by atoms with Gasteiger partial charge in [0.2, 0.25) is 10.0 Å². The minimum atomic E-state index is -3.51. The molecule has 2 heterocycles. The molecule has 0 aliphatic carbocycles. The summed E-state index contributed by atoms with van der Waals surface area (Å²) in [4.78, 5) is 4.53. The van der Waals surface area contributed by atoms with Gasteiger partial charge in [0.1, 0.15) is 5.01 Å². The van der Waals surface area contributed by atoms with Crippen molar-refractivity contribution in [2.24, 2.45) is 7.05 Å². The first-order chi connectivity index (χ1) is 9.92. The molecular formula is C13H20N4O2S2. The van der Waals surface area contributed by atoms with E-state index in [9.17, 15) is 8.42 Å². The molecule has 21 heavy (non-hydrogen) atoms. The largest absolute Gasteiger partial charge is 0.352 e. The van der Waals surface area contributed by atoms with Crippen molar-refractivity contribution in [3.63, 3.8) is 0 Å². The molecule has 0 aromatic carbocycles. The molecule has 0 atom stereocenters. The van der Waals surface area contributed by atoms with E-state index in [2.05, 4.69) is 15.0 Å². The van der Waals surface area contributed by atoms with Gasteiger partial charge in [0.05, 0.1) is 11.4 Å². The van der Waals surface area contributed by atoms with Crippen molar-refractivity contribution < 1.29 is 8.42 Å². The van der Waals surface area contributed by atoms with Gasteiger partial charge >= 0.3 is 0 Å². The summed E-state index contributed by atoms with van der Waals surface area (Å²) in [6.45, 7) is 5.61. The molecule has 0 radical (unpaired) electrons. The van der Waals surface area contributed by atoms with Gasteiger partial charge in [-0.3, -0.25) is 0 Å². The number of sulfonamides is 1. The molecule has 0 saturated heterocycles. The van der Waals surface area contributed by atoms with E-state index < -0.39 is 10.0 Å². The van der Waals surface area contributed by atoms with E-state index in [1.54, 1.807) is 12.3 Å². The third-order valence-corrected chi connectivity index (χ3v) is 5.36. The molecule has 2 rings (SSSR count). The average Bonchev–Trinajstić information content (AvgIpc) is 3.01. The lowest BCUT2D eigenvalue weighted by Gasteiger charge is -2.02. The molecule has 0 saturated carbocycles. The molecule has 2 aromatic rings. The zero-order chi connectivity index (χ0) is 15.5. The summed E-state index contributed by atoms with van der Waals surface area (Å²) in [6, 6.07) is 1.69. The van der Waals surface area contributed by atoms with Crippen LogP contribution in [0.3, 0.4) is 0 Å². The predicted octanol–water partition coefficient (Wildman–Crippen LogP) is 1.38. The van der Waals surface area contributed by atoms with Crippen LogP contribution in [0.15, 0.2) is 22.5 Å².